The fourth-order valence-corrected chi connectivity index (χ4v) is 4.40. The number of halogens is 3. The number of ether oxygens (including phenoxy) is 1. The first-order valence-corrected chi connectivity index (χ1v) is 14.9. The number of para-hydroxylation sites is 1. The highest BCUT2D eigenvalue weighted by molar-refractivity contribution is 8.14. The van der Waals surface area contributed by atoms with Gasteiger partial charge in [0.15, 0.2) is 5.17 Å². The Balaban J connectivity index is 1.64. The van der Waals surface area contributed by atoms with Crippen LogP contribution in [0.3, 0.4) is 0 Å². The lowest BCUT2D eigenvalue weighted by atomic mass is 10.1. The summed E-state index contributed by atoms with van der Waals surface area (Å²) in [4.78, 5) is 36.4. The summed E-state index contributed by atoms with van der Waals surface area (Å²) >= 11 is 1.11. The van der Waals surface area contributed by atoms with Gasteiger partial charge in [0.25, 0.3) is 0 Å². The SMILES string of the molecule is CNC(CNC(=O)CSC(=Nc1c(C)cccc1C)N/N=C\c1ccc(C(N)=NC=Nc2ccc(OC(F)(F)F)cc2)cc1)C(=O)O. The van der Waals surface area contributed by atoms with Crippen molar-refractivity contribution >= 4 is 58.6 Å². The van der Waals surface area contributed by atoms with Crippen molar-refractivity contribution in [2.45, 2.75) is 26.3 Å². The van der Waals surface area contributed by atoms with Crippen LogP contribution in [-0.4, -0.2) is 72.3 Å². The van der Waals surface area contributed by atoms with Crippen molar-refractivity contribution in [1.29, 1.82) is 0 Å². The molecule has 0 saturated carbocycles. The zero-order valence-electron chi connectivity index (χ0n) is 25.6. The minimum atomic E-state index is -4.78. The number of rotatable bonds is 13. The first kappa shape index (κ1) is 36.3. The number of nitrogens with one attached hydrogen (secondary N) is 3. The van der Waals surface area contributed by atoms with Gasteiger partial charge in [0, 0.05) is 12.1 Å². The first-order valence-electron chi connectivity index (χ1n) is 13.9. The molecule has 3 aromatic rings. The van der Waals surface area contributed by atoms with Crippen LogP contribution in [0.1, 0.15) is 22.3 Å². The maximum absolute atomic E-state index is 12.4. The summed E-state index contributed by atoms with van der Waals surface area (Å²) in [6.07, 6.45) is -2.04. The molecule has 1 atom stereocenters. The minimum Gasteiger partial charge on any atom is -0.480 e. The zero-order chi connectivity index (χ0) is 34.4. The second kappa shape index (κ2) is 17.5. The van der Waals surface area contributed by atoms with Crippen LogP contribution < -0.4 is 26.5 Å². The molecule has 0 fully saturated rings. The molecule has 0 heterocycles. The lowest BCUT2D eigenvalue weighted by Crippen LogP contribution is -2.44. The summed E-state index contributed by atoms with van der Waals surface area (Å²) in [7, 11) is 1.50. The molecule has 0 aliphatic rings. The van der Waals surface area contributed by atoms with Gasteiger partial charge >= 0.3 is 12.3 Å². The van der Waals surface area contributed by atoms with Crippen LogP contribution in [-0.2, 0) is 9.59 Å². The average Bonchev–Trinajstić information content (AvgIpc) is 3.02. The van der Waals surface area contributed by atoms with Gasteiger partial charge in [0.1, 0.15) is 24.0 Å². The molecule has 3 rings (SSSR count). The van der Waals surface area contributed by atoms with Crippen molar-refractivity contribution in [2.75, 3.05) is 19.3 Å². The molecule has 0 aromatic heterocycles. The van der Waals surface area contributed by atoms with Crippen LogP contribution in [0.25, 0.3) is 0 Å². The number of benzene rings is 3. The fraction of sp³-hybridized carbons (Fsp3) is 0.226. The zero-order valence-corrected chi connectivity index (χ0v) is 26.4. The molecule has 248 valence electrons. The highest BCUT2D eigenvalue weighted by atomic mass is 32.2. The first-order chi connectivity index (χ1) is 22.3. The summed E-state index contributed by atoms with van der Waals surface area (Å²) in [5, 5.41) is 19.0. The highest BCUT2D eigenvalue weighted by Gasteiger charge is 2.30. The second-order valence-corrected chi connectivity index (χ2v) is 10.7. The minimum absolute atomic E-state index is 0.0310. The highest BCUT2D eigenvalue weighted by Crippen LogP contribution is 2.25. The number of carbonyl (C=O) groups is 2. The number of aliphatic imine (C=N–C) groups is 3. The van der Waals surface area contributed by atoms with E-state index in [0.717, 1.165) is 40.7 Å². The van der Waals surface area contributed by atoms with Crippen molar-refractivity contribution < 1.29 is 32.6 Å². The lowest BCUT2D eigenvalue weighted by molar-refractivity contribution is -0.274. The molecule has 3 aromatic carbocycles. The predicted molar refractivity (Wildman–Crippen MR) is 178 cm³/mol. The number of aryl methyl sites for hydroxylation is 2. The Labute approximate surface area is 273 Å². The third-order valence-corrected chi connectivity index (χ3v) is 7.06. The molecular formula is C31H33F3N8O4S. The Bertz CT molecular complexity index is 1620. The smallest absolute Gasteiger partial charge is 0.480 e. The number of amides is 1. The van der Waals surface area contributed by atoms with Gasteiger partial charge in [-0.1, -0.05) is 54.2 Å². The maximum atomic E-state index is 12.4. The number of carbonyl (C=O) groups excluding carboxylic acids is 1. The van der Waals surface area contributed by atoms with Gasteiger partial charge in [-0.25, -0.2) is 15.0 Å². The molecule has 0 radical (unpaired) electrons. The van der Waals surface area contributed by atoms with Gasteiger partial charge in [0.05, 0.1) is 23.3 Å². The van der Waals surface area contributed by atoms with E-state index < -0.39 is 18.4 Å². The van der Waals surface area contributed by atoms with E-state index in [0.29, 0.717) is 22.0 Å². The average molecular weight is 671 g/mol. The van der Waals surface area contributed by atoms with Crippen molar-refractivity contribution in [1.82, 2.24) is 16.1 Å². The number of hydrazone groups is 1. The number of amidine groups is 2. The van der Waals surface area contributed by atoms with E-state index in [-0.39, 0.29) is 29.8 Å². The Morgan fingerprint density at radius 3 is 2.30 bits per heavy atom. The quantitative estimate of drug-likeness (QED) is 0.101. The van der Waals surface area contributed by atoms with E-state index in [1.165, 1.54) is 25.5 Å². The third-order valence-electron chi connectivity index (χ3n) is 6.20. The molecule has 6 N–H and O–H groups in total. The molecule has 1 amide bonds. The van der Waals surface area contributed by atoms with E-state index in [1.807, 2.05) is 32.0 Å². The number of carboxylic acids is 1. The van der Waals surface area contributed by atoms with E-state index >= 15 is 0 Å². The molecule has 0 aliphatic heterocycles. The number of carboxylic acid groups (broad SMARTS) is 1. The van der Waals surface area contributed by atoms with E-state index in [2.05, 4.69) is 40.9 Å². The molecule has 1 unspecified atom stereocenters. The van der Waals surface area contributed by atoms with E-state index in [1.54, 1.807) is 30.5 Å². The van der Waals surface area contributed by atoms with Crippen molar-refractivity contribution in [3.8, 4) is 5.75 Å². The predicted octanol–water partition coefficient (Wildman–Crippen LogP) is 4.40. The van der Waals surface area contributed by atoms with E-state index in [4.69, 9.17) is 10.8 Å². The van der Waals surface area contributed by atoms with Crippen molar-refractivity contribution in [3.63, 3.8) is 0 Å². The molecule has 12 nitrogen and oxygen atoms in total. The van der Waals surface area contributed by atoms with Crippen LogP contribution >= 0.6 is 11.8 Å². The number of aliphatic carboxylic acids is 1. The Kier molecular flexibility index (Phi) is 13.5. The Morgan fingerprint density at radius 1 is 1.04 bits per heavy atom. The Hall–Kier alpha value is -5.22. The molecule has 47 heavy (non-hydrogen) atoms. The van der Waals surface area contributed by atoms with Gasteiger partial charge in [-0.3, -0.25) is 15.0 Å². The van der Waals surface area contributed by atoms with Crippen LogP contribution in [0, 0.1) is 13.8 Å². The Morgan fingerprint density at radius 2 is 1.70 bits per heavy atom. The third kappa shape index (κ3) is 12.6. The number of alkyl halides is 3. The molecule has 0 spiro atoms. The largest absolute Gasteiger partial charge is 0.573 e. The molecule has 16 heteroatoms. The van der Waals surface area contributed by atoms with Gasteiger partial charge in [-0.2, -0.15) is 5.10 Å². The maximum Gasteiger partial charge on any atom is 0.573 e. The summed E-state index contributed by atoms with van der Waals surface area (Å²) in [6.45, 7) is 3.77. The van der Waals surface area contributed by atoms with Crippen LogP contribution in [0.5, 0.6) is 5.75 Å². The topological polar surface area (TPSA) is 175 Å². The second-order valence-electron chi connectivity index (χ2n) is 9.72. The number of nitrogens with two attached hydrogens (primary N) is 1. The molecular weight excluding hydrogens is 637 g/mol. The van der Waals surface area contributed by atoms with E-state index in [9.17, 15) is 22.8 Å². The van der Waals surface area contributed by atoms with Crippen molar-refractivity contribution in [3.05, 3.63) is 89.0 Å². The monoisotopic (exact) mass is 670 g/mol. The van der Waals surface area contributed by atoms with Crippen LogP contribution in [0.4, 0.5) is 24.5 Å². The normalized spacial score (nSPS) is 13.1. The summed E-state index contributed by atoms with van der Waals surface area (Å²) in [5.74, 6) is -1.67. The number of likely N-dealkylation sites (N-methyl/N-ethyl adjacent to an activating group) is 1. The number of hydrogen-bond donors (Lipinski definition) is 5. The number of hydrogen-bond acceptors (Lipinski definition) is 8. The van der Waals surface area contributed by atoms with Crippen molar-refractivity contribution in [2.24, 2.45) is 25.8 Å². The standard InChI is InChI=1S/C31H33F3N8O4S/c1-19-5-4-6-20(2)27(19)41-30(47-17-26(43)37-16-25(36-3)29(44)45)42-40-15-21-7-9-22(10-8-21)28(35)39-18-38-23-11-13-24(14-12-23)46-31(32,33)34/h4-15,18,25,36H,16-17H2,1-3H3,(H,37,43)(H,41,42)(H,44,45)(H2,35,38,39)/b40-15-. The summed E-state index contributed by atoms with van der Waals surface area (Å²) in [6, 6.07) is 16.8. The van der Waals surface area contributed by atoms with Crippen LogP contribution in [0.15, 0.2) is 86.8 Å². The summed E-state index contributed by atoms with van der Waals surface area (Å²) < 4.78 is 40.7. The molecule has 0 saturated heterocycles. The van der Waals surface area contributed by atoms with Gasteiger partial charge in [-0.15, -0.1) is 13.2 Å². The number of thioether (sulfide) groups is 1. The summed E-state index contributed by atoms with van der Waals surface area (Å²) in [5.41, 5.74) is 13.2. The molecule has 0 bridgehead atoms. The number of nitrogens with zero attached hydrogens (tertiary/aromatic N) is 4. The molecule has 0 aliphatic carbocycles. The van der Waals surface area contributed by atoms with Crippen LogP contribution in [0.2, 0.25) is 0 Å². The van der Waals surface area contributed by atoms with Gasteiger partial charge < -0.3 is 26.2 Å². The lowest BCUT2D eigenvalue weighted by Gasteiger charge is -2.12. The van der Waals surface area contributed by atoms with Gasteiger partial charge in [0.2, 0.25) is 5.91 Å². The van der Waals surface area contributed by atoms with Gasteiger partial charge in [-0.05, 0) is 61.9 Å². The fourth-order valence-electron chi connectivity index (χ4n) is 3.75.